The minimum absolute atomic E-state index is 0.0253. The van der Waals surface area contributed by atoms with Crippen LogP contribution in [0.1, 0.15) is 29.6 Å². The summed E-state index contributed by atoms with van der Waals surface area (Å²) in [7, 11) is 0. The molecule has 16 heavy (non-hydrogen) atoms. The molecule has 86 valence electrons. The first-order valence-corrected chi connectivity index (χ1v) is 7.27. The Hall–Kier alpha value is -0.100. The number of amides is 1. The number of hydrogen-bond acceptors (Lipinski definition) is 1. The van der Waals surface area contributed by atoms with Crippen LogP contribution in [0.3, 0.4) is 0 Å². The molecule has 0 saturated heterocycles. The van der Waals surface area contributed by atoms with Crippen LogP contribution in [-0.4, -0.2) is 12.5 Å². The molecule has 1 fully saturated rings. The van der Waals surface area contributed by atoms with Gasteiger partial charge in [0.15, 0.2) is 0 Å². The van der Waals surface area contributed by atoms with Gasteiger partial charge in [0, 0.05) is 14.6 Å². The van der Waals surface area contributed by atoms with Crippen molar-refractivity contribution in [1.82, 2.24) is 5.32 Å². The summed E-state index contributed by atoms with van der Waals surface area (Å²) in [5, 5.41) is 3.00. The first kappa shape index (κ1) is 12.4. The third kappa shape index (κ3) is 2.97. The van der Waals surface area contributed by atoms with Gasteiger partial charge in [-0.15, -0.1) is 0 Å². The Labute approximate surface area is 117 Å². The lowest BCUT2D eigenvalue weighted by molar-refractivity contribution is 0.0938. The van der Waals surface area contributed by atoms with Crippen molar-refractivity contribution >= 4 is 44.4 Å². The summed E-state index contributed by atoms with van der Waals surface area (Å²) in [4.78, 5) is 11.9. The molecular formula is C12H13BrINO. The molecule has 1 saturated carbocycles. The maximum absolute atomic E-state index is 11.9. The fourth-order valence-electron chi connectivity index (χ4n) is 1.70. The average molecular weight is 394 g/mol. The Morgan fingerprint density at radius 3 is 2.88 bits per heavy atom. The van der Waals surface area contributed by atoms with E-state index in [0.29, 0.717) is 5.92 Å². The Bertz CT molecular complexity index is 404. The van der Waals surface area contributed by atoms with Crippen molar-refractivity contribution < 1.29 is 4.79 Å². The molecule has 2 nitrogen and oxygen atoms in total. The number of hydrogen-bond donors (Lipinski definition) is 1. The summed E-state index contributed by atoms with van der Waals surface area (Å²) in [5.41, 5.74) is 0.728. The van der Waals surface area contributed by atoms with Crippen LogP contribution in [0.25, 0.3) is 0 Å². The summed E-state index contributed by atoms with van der Waals surface area (Å²) in [5.74, 6) is 0.725. The number of benzene rings is 1. The van der Waals surface area contributed by atoms with E-state index in [1.54, 1.807) is 0 Å². The fourth-order valence-corrected chi connectivity index (χ4v) is 2.62. The molecular weight excluding hydrogens is 381 g/mol. The van der Waals surface area contributed by atoms with E-state index >= 15 is 0 Å². The van der Waals surface area contributed by atoms with E-state index in [1.807, 2.05) is 18.2 Å². The molecule has 0 unspecified atom stereocenters. The summed E-state index contributed by atoms with van der Waals surface area (Å²) >= 11 is 5.62. The zero-order valence-electron chi connectivity index (χ0n) is 8.80. The number of nitrogens with one attached hydrogen (secondary N) is 1. The molecule has 0 spiro atoms. The maximum atomic E-state index is 11.9. The first-order valence-electron chi connectivity index (χ1n) is 5.40. The number of carbonyl (C=O) groups excluding carboxylic acids is 1. The molecule has 1 N–H and O–H groups in total. The zero-order chi connectivity index (χ0) is 11.5. The second-order valence-electron chi connectivity index (χ2n) is 4.13. The molecule has 1 aromatic carbocycles. The lowest BCUT2D eigenvalue weighted by Crippen LogP contribution is -2.32. The van der Waals surface area contributed by atoms with Gasteiger partial charge >= 0.3 is 0 Å². The molecule has 0 heterocycles. The van der Waals surface area contributed by atoms with Gasteiger partial charge in [-0.05, 0) is 75.5 Å². The molecule has 1 aliphatic rings. The predicted octanol–water partition coefficient (Wildman–Crippen LogP) is 3.58. The van der Waals surface area contributed by atoms with Gasteiger partial charge in [0.2, 0.25) is 0 Å². The number of halogens is 2. The van der Waals surface area contributed by atoms with Gasteiger partial charge in [-0.2, -0.15) is 0 Å². The summed E-state index contributed by atoms with van der Waals surface area (Å²) < 4.78 is 1.94. The van der Waals surface area contributed by atoms with Crippen molar-refractivity contribution in [3.63, 3.8) is 0 Å². The van der Waals surface area contributed by atoms with Crippen LogP contribution in [0, 0.1) is 9.49 Å². The van der Waals surface area contributed by atoms with Gasteiger partial charge in [0.25, 0.3) is 5.91 Å². The van der Waals surface area contributed by atoms with Gasteiger partial charge in [-0.25, -0.2) is 0 Å². The van der Waals surface area contributed by atoms with Crippen LogP contribution >= 0.6 is 38.5 Å². The van der Waals surface area contributed by atoms with Crippen molar-refractivity contribution in [2.24, 2.45) is 5.92 Å². The lowest BCUT2D eigenvalue weighted by atomic mass is 9.85. The van der Waals surface area contributed by atoms with Crippen molar-refractivity contribution in [3.05, 3.63) is 31.8 Å². The highest BCUT2D eigenvalue weighted by Gasteiger charge is 2.18. The number of rotatable bonds is 3. The van der Waals surface area contributed by atoms with Crippen LogP contribution in [0.5, 0.6) is 0 Å². The highest BCUT2D eigenvalue weighted by atomic mass is 127. The second-order valence-corrected chi connectivity index (χ2v) is 6.23. The van der Waals surface area contributed by atoms with E-state index in [0.717, 1.165) is 20.2 Å². The van der Waals surface area contributed by atoms with Crippen molar-refractivity contribution in [2.45, 2.75) is 19.3 Å². The largest absolute Gasteiger partial charge is 0.352 e. The molecule has 0 aromatic heterocycles. The Morgan fingerprint density at radius 1 is 1.50 bits per heavy atom. The highest BCUT2D eigenvalue weighted by Crippen LogP contribution is 2.25. The van der Waals surface area contributed by atoms with E-state index < -0.39 is 0 Å². The topological polar surface area (TPSA) is 29.1 Å². The Morgan fingerprint density at radius 2 is 2.25 bits per heavy atom. The summed E-state index contributed by atoms with van der Waals surface area (Å²) in [6.45, 7) is 0.816. The second kappa shape index (κ2) is 5.49. The maximum Gasteiger partial charge on any atom is 0.252 e. The molecule has 2 rings (SSSR count). The quantitative estimate of drug-likeness (QED) is 0.781. The molecule has 1 amide bonds. The standard InChI is InChI=1S/C12H13BrINO/c13-11-5-4-9(14)6-10(11)12(16)15-7-8-2-1-3-8/h4-6,8H,1-3,7H2,(H,15,16). The van der Waals surface area contributed by atoms with Crippen LogP contribution in [-0.2, 0) is 0 Å². The Balaban J connectivity index is 1.99. The van der Waals surface area contributed by atoms with E-state index in [4.69, 9.17) is 0 Å². The van der Waals surface area contributed by atoms with Gasteiger partial charge < -0.3 is 5.32 Å². The smallest absolute Gasteiger partial charge is 0.252 e. The summed E-state index contributed by atoms with van der Waals surface area (Å²) in [6.07, 6.45) is 3.83. The van der Waals surface area contributed by atoms with E-state index in [2.05, 4.69) is 43.8 Å². The Kier molecular flexibility index (Phi) is 4.24. The SMILES string of the molecule is O=C(NCC1CCC1)c1cc(I)ccc1Br. The van der Waals surface area contributed by atoms with Crippen LogP contribution in [0.15, 0.2) is 22.7 Å². The number of carbonyl (C=O) groups is 1. The van der Waals surface area contributed by atoms with Crippen molar-refractivity contribution in [3.8, 4) is 0 Å². The molecule has 4 heteroatoms. The van der Waals surface area contributed by atoms with Crippen LogP contribution < -0.4 is 5.32 Å². The van der Waals surface area contributed by atoms with Crippen LogP contribution in [0.4, 0.5) is 0 Å². The predicted molar refractivity (Wildman–Crippen MR) is 76.5 cm³/mol. The van der Waals surface area contributed by atoms with Gasteiger partial charge in [0.1, 0.15) is 0 Å². The van der Waals surface area contributed by atoms with E-state index in [9.17, 15) is 4.79 Å². The average Bonchev–Trinajstić information content (AvgIpc) is 2.19. The third-order valence-electron chi connectivity index (χ3n) is 2.95. The van der Waals surface area contributed by atoms with E-state index in [-0.39, 0.29) is 5.91 Å². The summed E-state index contributed by atoms with van der Waals surface area (Å²) in [6, 6.07) is 5.80. The molecule has 0 atom stereocenters. The molecule has 1 aliphatic carbocycles. The lowest BCUT2D eigenvalue weighted by Gasteiger charge is -2.25. The molecule has 1 aromatic rings. The highest BCUT2D eigenvalue weighted by molar-refractivity contribution is 14.1. The fraction of sp³-hybridized carbons (Fsp3) is 0.417. The van der Waals surface area contributed by atoms with Crippen LogP contribution in [0.2, 0.25) is 0 Å². The van der Waals surface area contributed by atoms with Gasteiger partial charge in [-0.3, -0.25) is 4.79 Å². The van der Waals surface area contributed by atoms with Crippen molar-refractivity contribution in [1.29, 1.82) is 0 Å². The minimum atomic E-state index is 0.0253. The molecule has 0 bridgehead atoms. The van der Waals surface area contributed by atoms with Gasteiger partial charge in [0.05, 0.1) is 5.56 Å². The van der Waals surface area contributed by atoms with Crippen molar-refractivity contribution in [2.75, 3.05) is 6.54 Å². The molecule has 0 aliphatic heterocycles. The monoisotopic (exact) mass is 393 g/mol. The van der Waals surface area contributed by atoms with E-state index in [1.165, 1.54) is 19.3 Å². The molecule has 0 radical (unpaired) electrons. The normalized spacial score (nSPS) is 15.6. The first-order chi connectivity index (χ1) is 7.66. The van der Waals surface area contributed by atoms with Gasteiger partial charge in [-0.1, -0.05) is 6.42 Å². The minimum Gasteiger partial charge on any atom is -0.352 e. The zero-order valence-corrected chi connectivity index (χ0v) is 12.5. The third-order valence-corrected chi connectivity index (χ3v) is 4.31.